The lowest BCUT2D eigenvalue weighted by Crippen LogP contribution is -2.16. The number of rotatable bonds is 6. The van der Waals surface area contributed by atoms with E-state index < -0.39 is 0 Å². The van der Waals surface area contributed by atoms with Gasteiger partial charge < -0.3 is 10.1 Å². The van der Waals surface area contributed by atoms with Crippen molar-refractivity contribution in [2.24, 2.45) is 0 Å². The highest BCUT2D eigenvalue weighted by Gasteiger charge is 2.06. The van der Waals surface area contributed by atoms with Crippen molar-refractivity contribution in [3.63, 3.8) is 0 Å². The standard InChI is InChI=1S/C18H22ClNO/c1-13-5-4-6-15(11-13)8-7-14(2)20-16-9-10-17(19)18(12-16)21-3/h4-6,9-12,14,20H,7-8H2,1-3H3. The minimum atomic E-state index is 0.386. The van der Waals surface area contributed by atoms with Gasteiger partial charge in [0, 0.05) is 17.8 Å². The Kier molecular flexibility index (Phi) is 5.51. The third kappa shape index (κ3) is 4.68. The van der Waals surface area contributed by atoms with Gasteiger partial charge in [-0.25, -0.2) is 0 Å². The number of benzene rings is 2. The highest BCUT2D eigenvalue weighted by Crippen LogP contribution is 2.27. The Balaban J connectivity index is 1.91. The summed E-state index contributed by atoms with van der Waals surface area (Å²) in [6, 6.07) is 14.8. The third-order valence-corrected chi connectivity index (χ3v) is 3.82. The van der Waals surface area contributed by atoms with Gasteiger partial charge in [-0.2, -0.15) is 0 Å². The molecule has 0 aliphatic carbocycles. The van der Waals surface area contributed by atoms with Crippen LogP contribution in [0.2, 0.25) is 5.02 Å². The van der Waals surface area contributed by atoms with Gasteiger partial charge in [0.15, 0.2) is 0 Å². The van der Waals surface area contributed by atoms with E-state index in [9.17, 15) is 0 Å². The second-order valence-electron chi connectivity index (χ2n) is 5.42. The second-order valence-corrected chi connectivity index (χ2v) is 5.83. The predicted octanol–water partition coefficient (Wildman–Crippen LogP) is 5.09. The van der Waals surface area contributed by atoms with Gasteiger partial charge in [-0.05, 0) is 44.4 Å². The van der Waals surface area contributed by atoms with Crippen LogP contribution >= 0.6 is 11.6 Å². The summed E-state index contributed by atoms with van der Waals surface area (Å²) >= 11 is 6.04. The zero-order chi connectivity index (χ0) is 15.2. The summed E-state index contributed by atoms with van der Waals surface area (Å²) in [4.78, 5) is 0. The van der Waals surface area contributed by atoms with Crippen molar-refractivity contribution in [2.45, 2.75) is 32.7 Å². The van der Waals surface area contributed by atoms with Crippen LogP contribution in [0.1, 0.15) is 24.5 Å². The van der Waals surface area contributed by atoms with Gasteiger partial charge in [0.1, 0.15) is 5.75 Å². The molecular weight excluding hydrogens is 282 g/mol. The Morgan fingerprint density at radius 3 is 2.71 bits per heavy atom. The minimum Gasteiger partial charge on any atom is -0.495 e. The van der Waals surface area contributed by atoms with E-state index in [2.05, 4.69) is 43.4 Å². The van der Waals surface area contributed by atoms with E-state index >= 15 is 0 Å². The highest BCUT2D eigenvalue weighted by molar-refractivity contribution is 6.32. The molecule has 0 bridgehead atoms. The molecule has 0 saturated carbocycles. The van der Waals surface area contributed by atoms with Gasteiger partial charge in [0.25, 0.3) is 0 Å². The van der Waals surface area contributed by atoms with Crippen LogP contribution in [-0.4, -0.2) is 13.2 Å². The molecule has 0 spiro atoms. The molecule has 112 valence electrons. The maximum Gasteiger partial charge on any atom is 0.139 e. The van der Waals surface area contributed by atoms with Gasteiger partial charge in [-0.1, -0.05) is 41.4 Å². The zero-order valence-electron chi connectivity index (χ0n) is 12.8. The van der Waals surface area contributed by atoms with Gasteiger partial charge in [0.05, 0.1) is 12.1 Å². The minimum absolute atomic E-state index is 0.386. The Hall–Kier alpha value is -1.67. The average molecular weight is 304 g/mol. The summed E-state index contributed by atoms with van der Waals surface area (Å²) < 4.78 is 5.24. The Labute approximate surface area is 132 Å². The molecule has 0 fully saturated rings. The summed E-state index contributed by atoms with van der Waals surface area (Å²) in [6.45, 7) is 4.32. The predicted molar refractivity (Wildman–Crippen MR) is 90.6 cm³/mol. The van der Waals surface area contributed by atoms with Crippen LogP contribution in [0.25, 0.3) is 0 Å². The molecule has 1 N–H and O–H groups in total. The van der Waals surface area contributed by atoms with Crippen LogP contribution in [0.5, 0.6) is 5.75 Å². The first-order valence-corrected chi connectivity index (χ1v) is 7.62. The number of nitrogens with one attached hydrogen (secondary N) is 1. The van der Waals surface area contributed by atoms with Crippen molar-refractivity contribution in [1.29, 1.82) is 0 Å². The summed E-state index contributed by atoms with van der Waals surface area (Å²) in [6.07, 6.45) is 2.15. The van der Waals surface area contributed by atoms with E-state index in [0.717, 1.165) is 18.5 Å². The molecule has 2 aromatic rings. The fraction of sp³-hybridized carbons (Fsp3) is 0.333. The van der Waals surface area contributed by atoms with Crippen LogP contribution in [0.4, 0.5) is 5.69 Å². The van der Waals surface area contributed by atoms with Gasteiger partial charge in [-0.15, -0.1) is 0 Å². The normalized spacial score (nSPS) is 12.0. The van der Waals surface area contributed by atoms with Crippen LogP contribution < -0.4 is 10.1 Å². The quantitative estimate of drug-likeness (QED) is 0.802. The fourth-order valence-electron chi connectivity index (χ4n) is 2.36. The molecule has 0 radical (unpaired) electrons. The van der Waals surface area contributed by atoms with Crippen molar-refractivity contribution < 1.29 is 4.74 Å². The molecule has 0 aliphatic heterocycles. The van der Waals surface area contributed by atoms with E-state index in [1.165, 1.54) is 11.1 Å². The second kappa shape index (κ2) is 7.37. The number of hydrogen-bond acceptors (Lipinski definition) is 2. The van der Waals surface area contributed by atoms with Crippen molar-refractivity contribution >= 4 is 17.3 Å². The van der Waals surface area contributed by atoms with E-state index in [4.69, 9.17) is 16.3 Å². The van der Waals surface area contributed by atoms with Crippen molar-refractivity contribution in [3.05, 3.63) is 58.6 Å². The first-order chi connectivity index (χ1) is 10.1. The lowest BCUT2D eigenvalue weighted by molar-refractivity contribution is 0.415. The van der Waals surface area contributed by atoms with E-state index in [-0.39, 0.29) is 0 Å². The molecule has 1 unspecified atom stereocenters. The average Bonchev–Trinajstić information content (AvgIpc) is 2.47. The molecule has 0 aromatic heterocycles. The number of methoxy groups -OCH3 is 1. The lowest BCUT2D eigenvalue weighted by Gasteiger charge is -2.16. The van der Waals surface area contributed by atoms with E-state index in [0.29, 0.717) is 16.8 Å². The Morgan fingerprint density at radius 2 is 2.00 bits per heavy atom. The van der Waals surface area contributed by atoms with Gasteiger partial charge in [0.2, 0.25) is 0 Å². The summed E-state index contributed by atoms with van der Waals surface area (Å²) in [7, 11) is 1.63. The number of hydrogen-bond donors (Lipinski definition) is 1. The van der Waals surface area contributed by atoms with Crippen molar-refractivity contribution in [2.75, 3.05) is 12.4 Å². The summed E-state index contributed by atoms with van der Waals surface area (Å²) in [5.74, 6) is 0.701. The molecule has 2 rings (SSSR count). The maximum absolute atomic E-state index is 6.04. The molecule has 0 heterocycles. The monoisotopic (exact) mass is 303 g/mol. The number of anilines is 1. The molecule has 2 aromatic carbocycles. The fourth-order valence-corrected chi connectivity index (χ4v) is 2.55. The number of ether oxygens (including phenoxy) is 1. The van der Waals surface area contributed by atoms with Crippen LogP contribution in [0.15, 0.2) is 42.5 Å². The Morgan fingerprint density at radius 1 is 1.19 bits per heavy atom. The first kappa shape index (κ1) is 15.7. The third-order valence-electron chi connectivity index (χ3n) is 3.51. The highest BCUT2D eigenvalue weighted by atomic mass is 35.5. The molecule has 0 amide bonds. The van der Waals surface area contributed by atoms with Crippen molar-refractivity contribution in [1.82, 2.24) is 0 Å². The van der Waals surface area contributed by atoms with Gasteiger partial charge >= 0.3 is 0 Å². The molecular formula is C18H22ClNO. The van der Waals surface area contributed by atoms with Crippen LogP contribution in [0.3, 0.4) is 0 Å². The largest absolute Gasteiger partial charge is 0.495 e. The molecule has 0 saturated heterocycles. The molecule has 3 heteroatoms. The zero-order valence-corrected chi connectivity index (χ0v) is 13.6. The lowest BCUT2D eigenvalue weighted by atomic mass is 10.0. The number of aryl methyl sites for hydroxylation is 2. The Bertz CT molecular complexity index is 598. The molecule has 21 heavy (non-hydrogen) atoms. The van der Waals surface area contributed by atoms with Crippen LogP contribution in [-0.2, 0) is 6.42 Å². The van der Waals surface area contributed by atoms with Crippen LogP contribution in [0, 0.1) is 6.92 Å². The smallest absolute Gasteiger partial charge is 0.139 e. The van der Waals surface area contributed by atoms with Gasteiger partial charge in [-0.3, -0.25) is 0 Å². The molecule has 2 nitrogen and oxygen atoms in total. The first-order valence-electron chi connectivity index (χ1n) is 7.24. The SMILES string of the molecule is COc1cc(NC(C)CCc2cccc(C)c2)ccc1Cl. The topological polar surface area (TPSA) is 21.3 Å². The molecule has 1 atom stereocenters. The number of halogens is 1. The maximum atomic E-state index is 6.04. The van der Waals surface area contributed by atoms with Crippen molar-refractivity contribution in [3.8, 4) is 5.75 Å². The molecule has 0 aliphatic rings. The van der Waals surface area contributed by atoms with E-state index in [1.807, 2.05) is 18.2 Å². The summed E-state index contributed by atoms with van der Waals surface area (Å²) in [5.41, 5.74) is 3.74. The summed E-state index contributed by atoms with van der Waals surface area (Å²) in [5, 5.41) is 4.12. The van der Waals surface area contributed by atoms with E-state index in [1.54, 1.807) is 7.11 Å².